The van der Waals surface area contributed by atoms with Gasteiger partial charge in [-0.05, 0) is 55.2 Å². The number of amides is 1. The van der Waals surface area contributed by atoms with Crippen molar-refractivity contribution in [1.82, 2.24) is 4.98 Å². The lowest BCUT2D eigenvalue weighted by Crippen LogP contribution is -2.22. The third kappa shape index (κ3) is 5.88. The number of nitrogens with one attached hydrogen (secondary N) is 1. The van der Waals surface area contributed by atoms with Crippen LogP contribution >= 0.6 is 0 Å². The van der Waals surface area contributed by atoms with E-state index in [0.29, 0.717) is 29.8 Å². The van der Waals surface area contributed by atoms with Gasteiger partial charge in [-0.15, -0.1) is 0 Å². The largest absolute Gasteiger partial charge is 0.497 e. The molecule has 1 aliphatic carbocycles. The molecule has 2 aromatic rings. The van der Waals surface area contributed by atoms with Crippen LogP contribution in [0.15, 0.2) is 42.6 Å². The number of rotatable bonds is 8. The van der Waals surface area contributed by atoms with Gasteiger partial charge in [0.1, 0.15) is 11.5 Å². The summed E-state index contributed by atoms with van der Waals surface area (Å²) < 4.78 is 16.5. The summed E-state index contributed by atoms with van der Waals surface area (Å²) >= 11 is 0. The quantitative estimate of drug-likeness (QED) is 0.759. The van der Waals surface area contributed by atoms with Crippen LogP contribution in [0.2, 0.25) is 0 Å². The predicted molar refractivity (Wildman–Crippen MR) is 103 cm³/mol. The molecule has 1 aliphatic rings. The highest BCUT2D eigenvalue weighted by atomic mass is 16.5. The molecule has 1 aromatic heterocycles. The van der Waals surface area contributed by atoms with Crippen molar-refractivity contribution in [2.45, 2.75) is 32.1 Å². The molecule has 6 heteroatoms. The molecular formula is C21H26N2O4. The lowest BCUT2D eigenvalue weighted by molar-refractivity contribution is -0.118. The van der Waals surface area contributed by atoms with Gasteiger partial charge in [-0.3, -0.25) is 4.79 Å². The minimum absolute atomic E-state index is 0.106. The van der Waals surface area contributed by atoms with Crippen LogP contribution in [-0.2, 0) is 4.79 Å². The van der Waals surface area contributed by atoms with Crippen molar-refractivity contribution < 1.29 is 19.0 Å². The molecule has 6 nitrogen and oxygen atoms in total. The van der Waals surface area contributed by atoms with Gasteiger partial charge in [-0.1, -0.05) is 19.3 Å². The number of methoxy groups -OCH3 is 1. The van der Waals surface area contributed by atoms with E-state index in [1.165, 1.54) is 32.1 Å². The predicted octanol–water partition coefficient (Wildman–Crippen LogP) is 4.07. The Balaban J connectivity index is 1.50. The van der Waals surface area contributed by atoms with E-state index in [-0.39, 0.29) is 12.5 Å². The fraction of sp³-hybridized carbons (Fsp3) is 0.429. The van der Waals surface area contributed by atoms with E-state index in [0.717, 1.165) is 5.75 Å². The van der Waals surface area contributed by atoms with Crippen molar-refractivity contribution in [3.8, 4) is 17.2 Å². The van der Waals surface area contributed by atoms with E-state index in [1.54, 1.807) is 43.6 Å². The summed E-state index contributed by atoms with van der Waals surface area (Å²) in [6, 6.07) is 10.7. The molecule has 1 N–H and O–H groups in total. The van der Waals surface area contributed by atoms with Gasteiger partial charge in [0.2, 0.25) is 0 Å². The second-order valence-corrected chi connectivity index (χ2v) is 6.68. The number of aromatic nitrogens is 1. The summed E-state index contributed by atoms with van der Waals surface area (Å²) in [4.78, 5) is 16.4. The Kier molecular flexibility index (Phi) is 6.90. The minimum atomic E-state index is -0.285. The first-order chi connectivity index (χ1) is 13.2. The fourth-order valence-electron chi connectivity index (χ4n) is 3.15. The van der Waals surface area contributed by atoms with Crippen LogP contribution in [0.5, 0.6) is 17.2 Å². The summed E-state index contributed by atoms with van der Waals surface area (Å²) in [7, 11) is 1.60. The lowest BCUT2D eigenvalue weighted by Gasteiger charge is -2.22. The number of anilines is 1. The second-order valence-electron chi connectivity index (χ2n) is 6.68. The fourth-order valence-corrected chi connectivity index (χ4v) is 3.15. The normalized spacial score (nSPS) is 14.4. The zero-order valence-corrected chi connectivity index (χ0v) is 15.6. The molecule has 0 saturated heterocycles. The zero-order chi connectivity index (χ0) is 18.9. The van der Waals surface area contributed by atoms with Crippen LogP contribution in [-0.4, -0.2) is 31.2 Å². The van der Waals surface area contributed by atoms with Gasteiger partial charge in [0.25, 0.3) is 5.91 Å². The molecule has 3 rings (SSSR count). The maximum atomic E-state index is 12.2. The van der Waals surface area contributed by atoms with Crippen molar-refractivity contribution in [2.24, 2.45) is 5.92 Å². The summed E-state index contributed by atoms with van der Waals surface area (Å²) in [6.07, 6.45) is 7.91. The molecule has 0 bridgehead atoms. The molecule has 1 aromatic carbocycles. The number of pyridine rings is 1. The molecule has 0 radical (unpaired) electrons. The van der Waals surface area contributed by atoms with Gasteiger partial charge in [0.05, 0.1) is 13.7 Å². The van der Waals surface area contributed by atoms with Crippen LogP contribution in [0.1, 0.15) is 32.1 Å². The number of hydrogen-bond acceptors (Lipinski definition) is 5. The van der Waals surface area contributed by atoms with Crippen molar-refractivity contribution in [1.29, 1.82) is 0 Å². The Hall–Kier alpha value is -2.76. The SMILES string of the molecule is COc1ccc(OCC(=O)Nc2ncccc2OCC2CCCCC2)cc1. The highest BCUT2D eigenvalue weighted by Crippen LogP contribution is 2.27. The first-order valence-electron chi connectivity index (χ1n) is 9.39. The van der Waals surface area contributed by atoms with E-state index in [4.69, 9.17) is 14.2 Å². The van der Waals surface area contributed by atoms with Gasteiger partial charge in [0.15, 0.2) is 18.2 Å². The average Bonchev–Trinajstić information content (AvgIpc) is 2.73. The molecule has 1 amide bonds. The second kappa shape index (κ2) is 9.80. The molecule has 0 unspecified atom stereocenters. The number of carbonyl (C=O) groups is 1. The Morgan fingerprint density at radius 2 is 1.81 bits per heavy atom. The third-order valence-corrected chi connectivity index (χ3v) is 4.66. The monoisotopic (exact) mass is 370 g/mol. The third-order valence-electron chi connectivity index (χ3n) is 4.66. The van der Waals surface area contributed by atoms with E-state index >= 15 is 0 Å². The Bertz CT molecular complexity index is 727. The van der Waals surface area contributed by atoms with Crippen molar-refractivity contribution in [2.75, 3.05) is 25.6 Å². The molecule has 144 valence electrons. The van der Waals surface area contributed by atoms with Crippen molar-refractivity contribution in [3.05, 3.63) is 42.6 Å². The summed E-state index contributed by atoms with van der Waals surface area (Å²) in [5.74, 6) is 2.66. The van der Waals surface area contributed by atoms with Crippen LogP contribution in [0.4, 0.5) is 5.82 Å². The number of hydrogen-bond donors (Lipinski definition) is 1. The Morgan fingerprint density at radius 3 is 2.56 bits per heavy atom. The van der Waals surface area contributed by atoms with Gasteiger partial charge in [0, 0.05) is 6.20 Å². The highest BCUT2D eigenvalue weighted by Gasteiger charge is 2.16. The molecule has 27 heavy (non-hydrogen) atoms. The lowest BCUT2D eigenvalue weighted by atomic mass is 9.90. The van der Waals surface area contributed by atoms with Crippen LogP contribution in [0.3, 0.4) is 0 Å². The van der Waals surface area contributed by atoms with Crippen molar-refractivity contribution in [3.63, 3.8) is 0 Å². The minimum Gasteiger partial charge on any atom is -0.497 e. The topological polar surface area (TPSA) is 69.7 Å². The molecule has 0 atom stereocenters. The Labute approximate surface area is 159 Å². The van der Waals surface area contributed by atoms with Crippen LogP contribution in [0, 0.1) is 5.92 Å². The number of carbonyl (C=O) groups excluding carboxylic acids is 1. The molecular weight excluding hydrogens is 344 g/mol. The number of benzene rings is 1. The molecule has 1 heterocycles. The summed E-state index contributed by atoms with van der Waals surface area (Å²) in [5, 5.41) is 2.77. The standard InChI is InChI=1S/C21H26N2O4/c1-25-17-9-11-18(12-10-17)26-15-20(24)23-21-19(8-5-13-22-21)27-14-16-6-3-2-4-7-16/h5,8-13,16H,2-4,6-7,14-15H2,1H3,(H,22,23,24). The average molecular weight is 370 g/mol. The van der Waals surface area contributed by atoms with E-state index in [1.807, 2.05) is 6.07 Å². The first-order valence-corrected chi connectivity index (χ1v) is 9.39. The number of ether oxygens (including phenoxy) is 3. The van der Waals surface area contributed by atoms with Gasteiger partial charge in [-0.2, -0.15) is 0 Å². The smallest absolute Gasteiger partial charge is 0.263 e. The van der Waals surface area contributed by atoms with Crippen LogP contribution < -0.4 is 19.5 Å². The number of nitrogens with zero attached hydrogens (tertiary/aromatic N) is 1. The van der Waals surface area contributed by atoms with Gasteiger partial charge in [-0.25, -0.2) is 4.98 Å². The van der Waals surface area contributed by atoms with E-state index in [2.05, 4.69) is 10.3 Å². The van der Waals surface area contributed by atoms with E-state index < -0.39 is 0 Å². The van der Waals surface area contributed by atoms with Gasteiger partial charge < -0.3 is 19.5 Å². The maximum Gasteiger partial charge on any atom is 0.263 e. The highest BCUT2D eigenvalue weighted by molar-refractivity contribution is 5.92. The zero-order valence-electron chi connectivity index (χ0n) is 15.6. The van der Waals surface area contributed by atoms with Gasteiger partial charge >= 0.3 is 0 Å². The maximum absolute atomic E-state index is 12.2. The first kappa shape index (κ1) is 19.0. The van der Waals surface area contributed by atoms with Crippen LogP contribution in [0.25, 0.3) is 0 Å². The summed E-state index contributed by atoms with van der Waals surface area (Å²) in [6.45, 7) is 0.557. The van der Waals surface area contributed by atoms with Crippen molar-refractivity contribution >= 4 is 11.7 Å². The molecule has 1 fully saturated rings. The summed E-state index contributed by atoms with van der Waals surface area (Å²) in [5.41, 5.74) is 0. The molecule has 0 aliphatic heterocycles. The molecule has 1 saturated carbocycles. The Morgan fingerprint density at radius 1 is 1.07 bits per heavy atom. The molecule has 0 spiro atoms. The van der Waals surface area contributed by atoms with E-state index in [9.17, 15) is 4.79 Å².